The summed E-state index contributed by atoms with van der Waals surface area (Å²) in [5.74, 6) is 1.01. The molecule has 0 aliphatic carbocycles. The average Bonchev–Trinajstić information content (AvgIpc) is 2.90. The van der Waals surface area contributed by atoms with Gasteiger partial charge in [-0.05, 0) is 38.7 Å². The highest BCUT2D eigenvalue weighted by molar-refractivity contribution is 7.91. The van der Waals surface area contributed by atoms with Crippen LogP contribution in [0, 0.1) is 11.3 Å². The Balaban J connectivity index is 1.76. The van der Waals surface area contributed by atoms with Gasteiger partial charge in [-0.3, -0.25) is 4.68 Å². The molecule has 2 fully saturated rings. The summed E-state index contributed by atoms with van der Waals surface area (Å²) in [7, 11) is -2.81. The molecular weight excluding hydrogens is 274 g/mol. The predicted octanol–water partition coefficient (Wildman–Crippen LogP) is 1.03. The molecule has 1 atom stereocenters. The number of aromatic nitrogens is 2. The molecule has 20 heavy (non-hydrogen) atoms. The van der Waals surface area contributed by atoms with E-state index in [1.54, 1.807) is 0 Å². The van der Waals surface area contributed by atoms with Gasteiger partial charge >= 0.3 is 0 Å². The molecule has 0 aromatic carbocycles. The van der Waals surface area contributed by atoms with Crippen LogP contribution in [0.2, 0.25) is 0 Å². The first-order chi connectivity index (χ1) is 9.40. The van der Waals surface area contributed by atoms with Gasteiger partial charge in [0.1, 0.15) is 0 Å². The summed E-state index contributed by atoms with van der Waals surface area (Å²) in [5.41, 5.74) is 1.18. The summed E-state index contributed by atoms with van der Waals surface area (Å²) in [6.45, 7) is 6.06. The van der Waals surface area contributed by atoms with E-state index >= 15 is 0 Å². The summed E-state index contributed by atoms with van der Waals surface area (Å²) in [4.78, 5) is 0. The zero-order valence-electron chi connectivity index (χ0n) is 12.2. The van der Waals surface area contributed by atoms with Gasteiger partial charge < -0.3 is 5.32 Å². The number of sulfone groups is 1. The van der Waals surface area contributed by atoms with E-state index < -0.39 is 9.84 Å². The normalized spacial score (nSPS) is 27.6. The molecule has 0 bridgehead atoms. The van der Waals surface area contributed by atoms with Gasteiger partial charge in [-0.2, -0.15) is 5.10 Å². The first-order valence-corrected chi connectivity index (χ1v) is 9.18. The van der Waals surface area contributed by atoms with Crippen molar-refractivity contribution in [3.05, 3.63) is 18.0 Å². The van der Waals surface area contributed by atoms with Gasteiger partial charge in [-0.1, -0.05) is 0 Å². The van der Waals surface area contributed by atoms with Gasteiger partial charge in [-0.25, -0.2) is 8.42 Å². The summed E-state index contributed by atoms with van der Waals surface area (Å²) in [5, 5.41) is 7.95. The predicted molar refractivity (Wildman–Crippen MR) is 78.4 cm³/mol. The van der Waals surface area contributed by atoms with Gasteiger partial charge in [0, 0.05) is 30.7 Å². The van der Waals surface area contributed by atoms with Crippen LogP contribution in [0.25, 0.3) is 0 Å². The molecule has 6 heteroatoms. The Morgan fingerprint density at radius 2 is 2.25 bits per heavy atom. The average molecular weight is 297 g/mol. The fourth-order valence-corrected chi connectivity index (χ4v) is 5.35. The lowest BCUT2D eigenvalue weighted by Gasteiger charge is -2.46. The maximum atomic E-state index is 11.7. The molecule has 3 heterocycles. The van der Waals surface area contributed by atoms with E-state index in [9.17, 15) is 8.42 Å². The van der Waals surface area contributed by atoms with Gasteiger partial charge in [0.15, 0.2) is 9.84 Å². The molecule has 0 amide bonds. The van der Waals surface area contributed by atoms with E-state index in [0.29, 0.717) is 17.5 Å². The zero-order chi connectivity index (χ0) is 14.4. The third-order valence-corrected chi connectivity index (χ3v) is 6.55. The smallest absolute Gasteiger partial charge is 0.150 e. The van der Waals surface area contributed by atoms with Gasteiger partial charge in [0.25, 0.3) is 0 Å². The van der Waals surface area contributed by atoms with E-state index in [-0.39, 0.29) is 11.3 Å². The summed E-state index contributed by atoms with van der Waals surface area (Å²) < 4.78 is 25.4. The van der Waals surface area contributed by atoms with Crippen molar-refractivity contribution >= 4 is 9.84 Å². The zero-order valence-corrected chi connectivity index (χ0v) is 13.0. The van der Waals surface area contributed by atoms with Crippen LogP contribution < -0.4 is 5.32 Å². The number of rotatable bonds is 4. The highest BCUT2D eigenvalue weighted by atomic mass is 32.2. The monoisotopic (exact) mass is 297 g/mol. The first kappa shape index (κ1) is 14.1. The Labute approximate surface area is 120 Å². The van der Waals surface area contributed by atoms with Crippen LogP contribution >= 0.6 is 0 Å². The molecule has 5 nitrogen and oxygen atoms in total. The van der Waals surface area contributed by atoms with Crippen LogP contribution in [-0.2, 0) is 16.3 Å². The molecule has 2 aliphatic rings. The lowest BCUT2D eigenvalue weighted by atomic mass is 9.67. The molecule has 1 aromatic rings. The Kier molecular flexibility index (Phi) is 3.41. The highest BCUT2D eigenvalue weighted by Crippen LogP contribution is 2.41. The molecule has 0 spiro atoms. The maximum absolute atomic E-state index is 11.7. The van der Waals surface area contributed by atoms with Crippen LogP contribution in [0.15, 0.2) is 12.3 Å². The van der Waals surface area contributed by atoms with Gasteiger partial charge in [-0.15, -0.1) is 0 Å². The molecule has 3 rings (SSSR count). The van der Waals surface area contributed by atoms with Crippen molar-refractivity contribution in [1.29, 1.82) is 0 Å². The van der Waals surface area contributed by atoms with Crippen molar-refractivity contribution in [1.82, 2.24) is 15.1 Å². The molecule has 0 radical (unpaired) electrons. The molecule has 1 N–H and O–H groups in total. The first-order valence-electron chi connectivity index (χ1n) is 7.35. The van der Waals surface area contributed by atoms with E-state index in [0.717, 1.165) is 31.6 Å². The van der Waals surface area contributed by atoms with Crippen molar-refractivity contribution in [2.24, 2.45) is 11.3 Å². The SMILES string of the molecule is CC(C)n1ccc(CC2(C3CCS(=O)(=O)C3)CNC2)n1. The van der Waals surface area contributed by atoms with Crippen molar-refractivity contribution < 1.29 is 8.42 Å². The standard InChI is InChI=1S/C14H23N3O2S/c1-11(2)17-5-3-13(16-17)7-14(9-15-10-14)12-4-6-20(18,19)8-12/h3,5,11-12,15H,4,6-10H2,1-2H3. The second kappa shape index (κ2) is 4.84. The van der Waals surface area contributed by atoms with Gasteiger partial charge in [0.2, 0.25) is 0 Å². The van der Waals surface area contributed by atoms with E-state index in [4.69, 9.17) is 0 Å². The van der Waals surface area contributed by atoms with Crippen LogP contribution in [-0.4, -0.2) is 42.8 Å². The van der Waals surface area contributed by atoms with Gasteiger partial charge in [0.05, 0.1) is 17.2 Å². The minimum absolute atomic E-state index is 0.0970. The van der Waals surface area contributed by atoms with Crippen molar-refractivity contribution in [3.8, 4) is 0 Å². The van der Waals surface area contributed by atoms with Crippen LogP contribution in [0.5, 0.6) is 0 Å². The second-order valence-electron chi connectivity index (χ2n) is 6.62. The molecule has 1 unspecified atom stereocenters. The number of hydrogen-bond acceptors (Lipinski definition) is 4. The fraction of sp³-hybridized carbons (Fsp3) is 0.786. The third kappa shape index (κ3) is 2.51. The summed E-state index contributed by atoms with van der Waals surface area (Å²) >= 11 is 0. The Morgan fingerprint density at radius 1 is 1.50 bits per heavy atom. The molecule has 0 saturated carbocycles. The lowest BCUT2D eigenvalue weighted by molar-refractivity contribution is 0.0909. The van der Waals surface area contributed by atoms with Crippen molar-refractivity contribution in [2.45, 2.75) is 32.7 Å². The van der Waals surface area contributed by atoms with E-state index in [1.807, 2.05) is 10.9 Å². The highest BCUT2D eigenvalue weighted by Gasteiger charge is 2.48. The molecular formula is C14H23N3O2S. The maximum Gasteiger partial charge on any atom is 0.150 e. The molecule has 2 saturated heterocycles. The van der Waals surface area contributed by atoms with Crippen LogP contribution in [0.4, 0.5) is 0 Å². The van der Waals surface area contributed by atoms with Crippen molar-refractivity contribution in [2.75, 3.05) is 24.6 Å². The lowest BCUT2D eigenvalue weighted by Crippen LogP contribution is -2.59. The number of nitrogens with one attached hydrogen (secondary N) is 1. The summed E-state index contributed by atoms with van der Waals surface area (Å²) in [6, 6.07) is 2.44. The van der Waals surface area contributed by atoms with Crippen LogP contribution in [0.1, 0.15) is 32.0 Å². The van der Waals surface area contributed by atoms with E-state index in [2.05, 4.69) is 30.3 Å². The van der Waals surface area contributed by atoms with Crippen LogP contribution in [0.3, 0.4) is 0 Å². The third-order valence-electron chi connectivity index (χ3n) is 4.78. The summed E-state index contributed by atoms with van der Waals surface area (Å²) in [6.07, 6.45) is 3.72. The fourth-order valence-electron chi connectivity index (χ4n) is 3.40. The topological polar surface area (TPSA) is 64.0 Å². The largest absolute Gasteiger partial charge is 0.315 e. The minimum atomic E-state index is -2.81. The Morgan fingerprint density at radius 3 is 2.70 bits per heavy atom. The molecule has 2 aliphatic heterocycles. The Hall–Kier alpha value is -0.880. The second-order valence-corrected chi connectivity index (χ2v) is 8.85. The van der Waals surface area contributed by atoms with Crippen molar-refractivity contribution in [3.63, 3.8) is 0 Å². The quantitative estimate of drug-likeness (QED) is 0.901. The Bertz CT molecular complexity index is 587. The number of hydrogen-bond donors (Lipinski definition) is 1. The number of nitrogens with zero attached hydrogens (tertiary/aromatic N) is 2. The minimum Gasteiger partial charge on any atom is -0.315 e. The molecule has 1 aromatic heterocycles. The van der Waals surface area contributed by atoms with E-state index in [1.165, 1.54) is 0 Å². The molecule has 112 valence electrons.